The van der Waals surface area contributed by atoms with Crippen molar-refractivity contribution in [3.05, 3.63) is 54.1 Å². The zero-order valence-electron chi connectivity index (χ0n) is 14.8. The molecule has 156 valence electrons. The molecule has 8 nitrogen and oxygen atoms in total. The summed E-state index contributed by atoms with van der Waals surface area (Å²) in [7, 11) is -3.88. The number of primary sulfonamides is 1. The van der Waals surface area contributed by atoms with Gasteiger partial charge in [0, 0.05) is 5.69 Å². The number of sulfonamides is 1. The molecule has 3 N–H and O–H groups in total. The number of benzene rings is 2. The summed E-state index contributed by atoms with van der Waals surface area (Å²) < 4.78 is 67.4. The Morgan fingerprint density at radius 2 is 1.59 bits per heavy atom. The summed E-state index contributed by atoms with van der Waals surface area (Å²) >= 11 is 0. The molecule has 1 unspecified atom stereocenters. The first-order valence-electron chi connectivity index (χ1n) is 7.86. The number of amides is 1. The molecule has 0 heterocycles. The second-order valence-electron chi connectivity index (χ2n) is 5.68. The van der Waals surface area contributed by atoms with Crippen LogP contribution in [0.25, 0.3) is 0 Å². The third-order valence-electron chi connectivity index (χ3n) is 3.43. The van der Waals surface area contributed by atoms with Crippen LogP contribution in [0.4, 0.5) is 18.9 Å². The van der Waals surface area contributed by atoms with Gasteiger partial charge in [0.05, 0.1) is 10.5 Å². The summed E-state index contributed by atoms with van der Waals surface area (Å²) in [4.78, 5) is 24.0. The Labute approximate surface area is 163 Å². The van der Waals surface area contributed by atoms with Gasteiger partial charge in [-0.25, -0.2) is 18.4 Å². The lowest BCUT2D eigenvalue weighted by Crippen LogP contribution is -2.30. The molecule has 2 rings (SSSR count). The van der Waals surface area contributed by atoms with Gasteiger partial charge >= 0.3 is 12.3 Å². The van der Waals surface area contributed by atoms with Gasteiger partial charge in [0.15, 0.2) is 6.10 Å². The normalized spacial score (nSPS) is 12.7. The van der Waals surface area contributed by atoms with Gasteiger partial charge in [0.1, 0.15) is 5.75 Å². The SMILES string of the molecule is CC(OC(=O)c1ccc(OC(F)(F)F)cc1)C(=O)Nc1ccc(S(N)(=O)=O)cc1. The van der Waals surface area contributed by atoms with Crippen molar-refractivity contribution in [2.75, 3.05) is 5.32 Å². The van der Waals surface area contributed by atoms with E-state index in [0.29, 0.717) is 0 Å². The number of alkyl halides is 3. The van der Waals surface area contributed by atoms with E-state index in [4.69, 9.17) is 9.88 Å². The van der Waals surface area contributed by atoms with Crippen LogP contribution in [0.3, 0.4) is 0 Å². The smallest absolute Gasteiger partial charge is 0.449 e. The van der Waals surface area contributed by atoms with Gasteiger partial charge in [-0.05, 0) is 55.5 Å². The number of carbonyl (C=O) groups is 2. The number of hydrogen-bond acceptors (Lipinski definition) is 6. The number of halogens is 3. The number of nitrogens with two attached hydrogens (primary N) is 1. The minimum Gasteiger partial charge on any atom is -0.449 e. The number of ether oxygens (including phenoxy) is 2. The molecule has 0 saturated carbocycles. The van der Waals surface area contributed by atoms with Gasteiger partial charge in [-0.1, -0.05) is 0 Å². The zero-order chi connectivity index (χ0) is 21.8. The molecule has 0 saturated heterocycles. The molecular weight excluding hydrogens is 417 g/mol. The molecule has 0 aliphatic rings. The van der Waals surface area contributed by atoms with E-state index in [9.17, 15) is 31.2 Å². The average molecular weight is 432 g/mol. The van der Waals surface area contributed by atoms with Crippen LogP contribution >= 0.6 is 0 Å². The van der Waals surface area contributed by atoms with Crippen LogP contribution in [-0.4, -0.2) is 32.8 Å². The Hall–Kier alpha value is -3.12. The second kappa shape index (κ2) is 8.49. The summed E-state index contributed by atoms with van der Waals surface area (Å²) in [6.45, 7) is 1.28. The van der Waals surface area contributed by atoms with E-state index in [1.54, 1.807) is 0 Å². The number of hydrogen-bond donors (Lipinski definition) is 2. The second-order valence-corrected chi connectivity index (χ2v) is 7.24. The van der Waals surface area contributed by atoms with Crippen LogP contribution in [0.5, 0.6) is 5.75 Å². The molecule has 0 aliphatic heterocycles. The summed E-state index contributed by atoms with van der Waals surface area (Å²) in [6.07, 6.45) is -6.10. The fraction of sp³-hybridized carbons (Fsp3) is 0.176. The maximum absolute atomic E-state index is 12.1. The van der Waals surface area contributed by atoms with Crippen LogP contribution in [0, 0.1) is 0 Å². The topological polar surface area (TPSA) is 125 Å². The molecule has 2 aromatic carbocycles. The fourth-order valence-corrected chi connectivity index (χ4v) is 2.56. The highest BCUT2D eigenvalue weighted by atomic mass is 32.2. The van der Waals surface area contributed by atoms with Crippen molar-refractivity contribution in [1.82, 2.24) is 0 Å². The summed E-state index contributed by atoms with van der Waals surface area (Å²) in [5, 5.41) is 7.38. The van der Waals surface area contributed by atoms with Gasteiger partial charge < -0.3 is 14.8 Å². The van der Waals surface area contributed by atoms with Gasteiger partial charge in [0.2, 0.25) is 10.0 Å². The molecule has 2 aromatic rings. The summed E-state index contributed by atoms with van der Waals surface area (Å²) in [5.74, 6) is -2.16. The zero-order valence-corrected chi connectivity index (χ0v) is 15.6. The van der Waals surface area contributed by atoms with Crippen molar-refractivity contribution >= 4 is 27.6 Å². The molecule has 0 aromatic heterocycles. The number of nitrogens with one attached hydrogen (secondary N) is 1. The molecular formula is C17H15F3N2O6S. The molecule has 0 spiro atoms. The van der Waals surface area contributed by atoms with E-state index in [0.717, 1.165) is 24.3 Å². The predicted molar refractivity (Wildman–Crippen MR) is 94.4 cm³/mol. The Balaban J connectivity index is 1.95. The van der Waals surface area contributed by atoms with E-state index in [1.165, 1.54) is 31.2 Å². The van der Waals surface area contributed by atoms with E-state index >= 15 is 0 Å². The third-order valence-corrected chi connectivity index (χ3v) is 4.36. The summed E-state index contributed by atoms with van der Waals surface area (Å²) in [6, 6.07) is 8.94. The van der Waals surface area contributed by atoms with Gasteiger partial charge in [0.25, 0.3) is 5.91 Å². The van der Waals surface area contributed by atoms with Crippen LogP contribution < -0.4 is 15.2 Å². The van der Waals surface area contributed by atoms with E-state index in [-0.39, 0.29) is 16.1 Å². The Morgan fingerprint density at radius 3 is 2.07 bits per heavy atom. The molecule has 1 amide bonds. The number of anilines is 1. The van der Waals surface area contributed by atoms with Crippen LogP contribution in [-0.2, 0) is 19.6 Å². The van der Waals surface area contributed by atoms with E-state index in [1.807, 2.05) is 0 Å². The maximum Gasteiger partial charge on any atom is 0.573 e. The monoisotopic (exact) mass is 432 g/mol. The molecule has 29 heavy (non-hydrogen) atoms. The van der Waals surface area contributed by atoms with Crippen molar-refractivity contribution < 1.29 is 40.7 Å². The summed E-state index contributed by atoms with van der Waals surface area (Å²) in [5.41, 5.74) is 0.149. The van der Waals surface area contributed by atoms with Crippen molar-refractivity contribution in [2.24, 2.45) is 5.14 Å². The van der Waals surface area contributed by atoms with Crippen molar-refractivity contribution in [1.29, 1.82) is 0 Å². The van der Waals surface area contributed by atoms with Crippen LogP contribution in [0.15, 0.2) is 53.4 Å². The quantitative estimate of drug-likeness (QED) is 0.676. The largest absolute Gasteiger partial charge is 0.573 e. The van der Waals surface area contributed by atoms with Crippen LogP contribution in [0.1, 0.15) is 17.3 Å². The van der Waals surface area contributed by atoms with Gasteiger partial charge in [-0.15, -0.1) is 13.2 Å². The van der Waals surface area contributed by atoms with Gasteiger partial charge in [-0.2, -0.15) is 0 Å². The standard InChI is InChI=1S/C17H15F3N2O6S/c1-10(15(23)22-12-4-8-14(9-5-12)29(21,25)26)27-16(24)11-2-6-13(7-3-11)28-17(18,19)20/h2-10H,1H3,(H,22,23)(H2,21,25,26). The Bertz CT molecular complexity index is 989. The minimum absolute atomic E-state index is 0.0864. The highest BCUT2D eigenvalue weighted by Crippen LogP contribution is 2.23. The minimum atomic E-state index is -4.86. The van der Waals surface area contributed by atoms with E-state index < -0.39 is 40.1 Å². The highest BCUT2D eigenvalue weighted by Gasteiger charge is 2.31. The van der Waals surface area contributed by atoms with Crippen molar-refractivity contribution in [2.45, 2.75) is 24.3 Å². The molecule has 0 radical (unpaired) electrons. The lowest BCUT2D eigenvalue weighted by Gasteiger charge is -2.14. The predicted octanol–water partition coefficient (Wildman–Crippen LogP) is 2.42. The van der Waals surface area contributed by atoms with E-state index in [2.05, 4.69) is 10.1 Å². The Kier molecular flexibility index (Phi) is 6.49. The number of rotatable bonds is 6. The molecule has 1 atom stereocenters. The lowest BCUT2D eigenvalue weighted by atomic mass is 10.2. The molecule has 12 heteroatoms. The maximum atomic E-state index is 12.1. The van der Waals surface area contributed by atoms with Gasteiger partial charge in [-0.3, -0.25) is 4.79 Å². The molecule has 0 fully saturated rings. The number of carbonyl (C=O) groups excluding carboxylic acids is 2. The first kappa shape index (κ1) is 22.2. The molecule has 0 bridgehead atoms. The first-order valence-corrected chi connectivity index (χ1v) is 9.40. The molecule has 0 aliphatic carbocycles. The van der Waals surface area contributed by atoms with Crippen LogP contribution in [0.2, 0.25) is 0 Å². The third kappa shape index (κ3) is 6.76. The average Bonchev–Trinajstić information content (AvgIpc) is 2.60. The Morgan fingerprint density at radius 1 is 1.03 bits per heavy atom. The fourth-order valence-electron chi connectivity index (χ4n) is 2.05. The number of esters is 1. The first-order chi connectivity index (χ1) is 13.3. The van der Waals surface area contributed by atoms with Crippen molar-refractivity contribution in [3.8, 4) is 5.75 Å². The van der Waals surface area contributed by atoms with Crippen molar-refractivity contribution in [3.63, 3.8) is 0 Å². The lowest BCUT2D eigenvalue weighted by molar-refractivity contribution is -0.274. The highest BCUT2D eigenvalue weighted by molar-refractivity contribution is 7.89.